The van der Waals surface area contributed by atoms with Crippen LogP contribution in [-0.2, 0) is 16.1 Å². The molecule has 8 heteroatoms. The predicted octanol–water partition coefficient (Wildman–Crippen LogP) is 2.70. The molecule has 0 aliphatic rings. The van der Waals surface area contributed by atoms with Crippen molar-refractivity contribution in [3.05, 3.63) is 40.3 Å². The summed E-state index contributed by atoms with van der Waals surface area (Å²) in [5, 5.41) is 2.69. The molecule has 1 aromatic heterocycles. The summed E-state index contributed by atoms with van der Waals surface area (Å²) in [6.45, 7) is 5.03. The molecule has 0 unspecified atom stereocenters. The van der Waals surface area contributed by atoms with Crippen molar-refractivity contribution in [3.8, 4) is 17.2 Å². The predicted molar refractivity (Wildman–Crippen MR) is 101 cm³/mol. The van der Waals surface area contributed by atoms with Gasteiger partial charge in [0.05, 0.1) is 21.3 Å². The van der Waals surface area contributed by atoms with E-state index < -0.39 is 18.5 Å². The van der Waals surface area contributed by atoms with Crippen molar-refractivity contribution in [1.82, 2.24) is 5.32 Å². The highest BCUT2D eigenvalue weighted by atomic mass is 16.5. The molecule has 0 saturated carbocycles. The lowest BCUT2D eigenvalue weighted by Gasteiger charge is -2.14. The molecule has 0 bridgehead atoms. The highest BCUT2D eigenvalue weighted by Crippen LogP contribution is 2.38. The third-order valence-corrected chi connectivity index (χ3v) is 4.31. The molecule has 0 aliphatic heterocycles. The molecule has 152 valence electrons. The van der Waals surface area contributed by atoms with Gasteiger partial charge in [0, 0.05) is 12.1 Å². The molecule has 28 heavy (non-hydrogen) atoms. The normalized spacial score (nSPS) is 10.4. The van der Waals surface area contributed by atoms with Gasteiger partial charge in [-0.05, 0) is 38.5 Å². The van der Waals surface area contributed by atoms with Gasteiger partial charge in [0.25, 0.3) is 5.91 Å². The molecule has 1 amide bonds. The molecule has 8 nitrogen and oxygen atoms in total. The zero-order chi connectivity index (χ0) is 20.8. The van der Waals surface area contributed by atoms with Gasteiger partial charge >= 0.3 is 5.97 Å². The molecule has 1 heterocycles. The number of furan rings is 1. The largest absolute Gasteiger partial charge is 0.493 e. The van der Waals surface area contributed by atoms with Crippen LogP contribution in [0.2, 0.25) is 0 Å². The Bertz CT molecular complexity index is 845. The van der Waals surface area contributed by atoms with Crippen LogP contribution in [0.5, 0.6) is 17.2 Å². The Balaban J connectivity index is 1.96. The number of hydrogen-bond donors (Lipinski definition) is 1. The number of ether oxygens (including phenoxy) is 4. The SMILES string of the molecule is COc1cc(CNC(=O)COC(=O)c2c(C)oc(C)c2C)cc(OC)c1OC. The van der Waals surface area contributed by atoms with E-state index in [0.717, 1.165) is 5.56 Å². The minimum atomic E-state index is -0.588. The van der Waals surface area contributed by atoms with Crippen LogP contribution in [0.4, 0.5) is 0 Å². The molecule has 0 aliphatic carbocycles. The maximum absolute atomic E-state index is 12.2. The van der Waals surface area contributed by atoms with E-state index in [1.165, 1.54) is 21.3 Å². The number of hydrogen-bond acceptors (Lipinski definition) is 7. The lowest BCUT2D eigenvalue weighted by atomic mass is 10.1. The third kappa shape index (κ3) is 4.57. The Labute approximate surface area is 163 Å². The topological polar surface area (TPSA) is 96.2 Å². The smallest absolute Gasteiger partial charge is 0.342 e. The summed E-state index contributed by atoms with van der Waals surface area (Å²) < 4.78 is 26.3. The highest BCUT2D eigenvalue weighted by Gasteiger charge is 2.21. The van der Waals surface area contributed by atoms with Gasteiger partial charge in [-0.25, -0.2) is 4.79 Å². The van der Waals surface area contributed by atoms with E-state index in [-0.39, 0.29) is 6.54 Å². The first kappa shape index (κ1) is 21.1. The maximum atomic E-state index is 12.2. The summed E-state index contributed by atoms with van der Waals surface area (Å²) in [7, 11) is 4.54. The number of carbonyl (C=O) groups is 2. The molecule has 1 N–H and O–H groups in total. The van der Waals surface area contributed by atoms with Crippen molar-refractivity contribution < 1.29 is 33.0 Å². The number of methoxy groups -OCH3 is 3. The van der Waals surface area contributed by atoms with Crippen molar-refractivity contribution in [2.24, 2.45) is 0 Å². The number of nitrogens with one attached hydrogen (secondary N) is 1. The van der Waals surface area contributed by atoms with Crippen LogP contribution in [0, 0.1) is 20.8 Å². The third-order valence-electron chi connectivity index (χ3n) is 4.31. The van der Waals surface area contributed by atoms with Gasteiger partial charge in [0.1, 0.15) is 17.1 Å². The van der Waals surface area contributed by atoms with Crippen LogP contribution in [0.1, 0.15) is 33.0 Å². The molecule has 0 fully saturated rings. The summed E-state index contributed by atoms with van der Waals surface area (Å²) in [5.74, 6) is 1.54. The van der Waals surface area contributed by atoms with Gasteiger partial charge in [-0.1, -0.05) is 0 Å². The summed E-state index contributed by atoms with van der Waals surface area (Å²) in [5.41, 5.74) is 1.81. The Kier molecular flexibility index (Phi) is 6.92. The van der Waals surface area contributed by atoms with Crippen molar-refractivity contribution >= 4 is 11.9 Å². The fourth-order valence-corrected chi connectivity index (χ4v) is 2.79. The lowest BCUT2D eigenvalue weighted by Crippen LogP contribution is -2.28. The molecular weight excluding hydrogens is 366 g/mol. The van der Waals surface area contributed by atoms with Crippen LogP contribution in [0.15, 0.2) is 16.5 Å². The van der Waals surface area contributed by atoms with E-state index in [9.17, 15) is 9.59 Å². The van der Waals surface area contributed by atoms with Crippen molar-refractivity contribution in [2.45, 2.75) is 27.3 Å². The average molecular weight is 391 g/mol. The van der Waals surface area contributed by atoms with Gasteiger partial charge in [-0.3, -0.25) is 4.79 Å². The molecule has 2 aromatic rings. The second kappa shape index (κ2) is 9.16. The van der Waals surface area contributed by atoms with Crippen LogP contribution in [0.3, 0.4) is 0 Å². The quantitative estimate of drug-likeness (QED) is 0.691. The van der Waals surface area contributed by atoms with Crippen molar-refractivity contribution in [1.29, 1.82) is 0 Å². The molecule has 1 aromatic carbocycles. The van der Waals surface area contributed by atoms with Crippen molar-refractivity contribution in [2.75, 3.05) is 27.9 Å². The molecule has 0 saturated heterocycles. The van der Waals surface area contributed by atoms with Gasteiger partial charge in [-0.15, -0.1) is 0 Å². The second-order valence-electron chi connectivity index (χ2n) is 6.10. The zero-order valence-corrected chi connectivity index (χ0v) is 16.9. The lowest BCUT2D eigenvalue weighted by molar-refractivity contribution is -0.124. The van der Waals surface area contributed by atoms with Crippen LogP contribution >= 0.6 is 0 Å². The Morgan fingerprint density at radius 2 is 1.57 bits per heavy atom. The molecule has 2 rings (SSSR count). The monoisotopic (exact) mass is 391 g/mol. The second-order valence-corrected chi connectivity index (χ2v) is 6.10. The zero-order valence-electron chi connectivity index (χ0n) is 16.9. The fraction of sp³-hybridized carbons (Fsp3) is 0.400. The van der Waals surface area contributed by atoms with E-state index in [1.54, 1.807) is 32.9 Å². The Morgan fingerprint density at radius 3 is 2.04 bits per heavy atom. The van der Waals surface area contributed by atoms with Gasteiger partial charge in [0.2, 0.25) is 5.75 Å². The number of rotatable bonds is 8. The number of amides is 1. The molecule has 0 radical (unpaired) electrons. The summed E-state index contributed by atoms with van der Waals surface area (Å²) in [6.07, 6.45) is 0. The van der Waals surface area contributed by atoms with Gasteiger partial charge in [-0.2, -0.15) is 0 Å². The van der Waals surface area contributed by atoms with Gasteiger partial charge < -0.3 is 28.7 Å². The van der Waals surface area contributed by atoms with E-state index in [0.29, 0.717) is 39.9 Å². The average Bonchev–Trinajstić information content (AvgIpc) is 2.94. The Hall–Kier alpha value is -3.16. The molecule has 0 spiro atoms. The number of aryl methyl sites for hydroxylation is 2. The Morgan fingerprint density at radius 1 is 0.964 bits per heavy atom. The van der Waals surface area contributed by atoms with Crippen molar-refractivity contribution in [3.63, 3.8) is 0 Å². The maximum Gasteiger partial charge on any atom is 0.342 e. The molecule has 0 atom stereocenters. The highest BCUT2D eigenvalue weighted by molar-refractivity contribution is 5.93. The summed E-state index contributed by atoms with van der Waals surface area (Å²) >= 11 is 0. The number of esters is 1. The van der Waals surface area contributed by atoms with E-state index in [2.05, 4.69) is 5.32 Å². The van der Waals surface area contributed by atoms with E-state index in [1.807, 2.05) is 0 Å². The summed E-state index contributed by atoms with van der Waals surface area (Å²) in [6, 6.07) is 3.46. The van der Waals surface area contributed by atoms with Gasteiger partial charge in [0.15, 0.2) is 18.1 Å². The number of benzene rings is 1. The fourth-order valence-electron chi connectivity index (χ4n) is 2.79. The molecular formula is C20H25NO7. The minimum absolute atomic E-state index is 0.204. The summed E-state index contributed by atoms with van der Waals surface area (Å²) in [4.78, 5) is 24.3. The first-order valence-electron chi connectivity index (χ1n) is 8.61. The van der Waals surface area contributed by atoms with E-state index in [4.69, 9.17) is 23.4 Å². The van der Waals surface area contributed by atoms with E-state index >= 15 is 0 Å². The van der Waals surface area contributed by atoms with Crippen LogP contribution in [0.25, 0.3) is 0 Å². The standard InChI is InChI=1S/C20H25NO7/c1-11-12(2)28-13(3)18(11)20(23)27-10-17(22)21-9-14-7-15(24-4)19(26-6)16(8-14)25-5/h7-8H,9-10H2,1-6H3,(H,21,22). The number of carbonyl (C=O) groups excluding carboxylic acids is 2. The first-order valence-corrected chi connectivity index (χ1v) is 8.61. The minimum Gasteiger partial charge on any atom is -0.493 e. The first-order chi connectivity index (χ1) is 13.3. The van der Waals surface area contributed by atoms with Crippen LogP contribution < -0.4 is 19.5 Å². The van der Waals surface area contributed by atoms with Crippen LogP contribution in [-0.4, -0.2) is 39.8 Å².